The lowest BCUT2D eigenvalue weighted by molar-refractivity contribution is 0.103. The number of nitrogens with zero attached hydrogens (tertiary/aromatic N) is 2. The lowest BCUT2D eigenvalue weighted by Gasteiger charge is -2.26. The van der Waals surface area contributed by atoms with Gasteiger partial charge in [-0.3, -0.25) is 4.79 Å². The Balaban J connectivity index is 1.30. The van der Waals surface area contributed by atoms with Gasteiger partial charge in [0.1, 0.15) is 0 Å². The first kappa shape index (κ1) is 28.7. The second kappa shape index (κ2) is 12.4. The Morgan fingerprint density at radius 3 is 0.886 bits per heavy atom. The van der Waals surface area contributed by atoms with E-state index in [4.69, 9.17) is 0 Å². The van der Waals surface area contributed by atoms with Crippen LogP contribution in [0.15, 0.2) is 146 Å². The molecule has 0 unspecified atom stereocenters. The number of benzene rings is 6. The maximum absolute atomic E-state index is 13.6. The zero-order valence-electron chi connectivity index (χ0n) is 25.7. The van der Waals surface area contributed by atoms with Crippen molar-refractivity contribution >= 4 is 39.9 Å². The van der Waals surface area contributed by atoms with E-state index in [0.717, 1.165) is 34.1 Å². The molecule has 3 nitrogen and oxygen atoms in total. The van der Waals surface area contributed by atoms with Crippen molar-refractivity contribution in [3.63, 3.8) is 0 Å². The van der Waals surface area contributed by atoms with Gasteiger partial charge in [0.2, 0.25) is 0 Å². The van der Waals surface area contributed by atoms with Crippen LogP contribution < -0.4 is 9.80 Å². The Kier molecular flexibility index (Phi) is 8.12. The molecule has 216 valence electrons. The van der Waals surface area contributed by atoms with Crippen molar-refractivity contribution < 1.29 is 4.79 Å². The van der Waals surface area contributed by atoms with E-state index in [2.05, 4.69) is 135 Å². The van der Waals surface area contributed by atoms with Gasteiger partial charge in [-0.25, -0.2) is 0 Å². The molecule has 0 N–H and O–H groups in total. The topological polar surface area (TPSA) is 23.6 Å². The van der Waals surface area contributed by atoms with Crippen LogP contribution in [0.25, 0.3) is 0 Å². The average Bonchev–Trinajstić information content (AvgIpc) is 3.02. The quantitative estimate of drug-likeness (QED) is 0.170. The van der Waals surface area contributed by atoms with Crippen molar-refractivity contribution in [2.45, 2.75) is 27.7 Å². The summed E-state index contributed by atoms with van der Waals surface area (Å²) in [7, 11) is 0. The molecule has 0 atom stereocenters. The molecule has 0 bridgehead atoms. The number of hydrogen-bond donors (Lipinski definition) is 0. The molecule has 0 aliphatic heterocycles. The summed E-state index contributed by atoms with van der Waals surface area (Å²) in [5.41, 5.74) is 12.4. The van der Waals surface area contributed by atoms with E-state index in [1.807, 2.05) is 48.5 Å². The SMILES string of the molecule is Cc1cccc(N(c2ccc(C(=O)c3ccc(N(c4cccc(C)c4)c4cccc(C)c4)cc3)cc2)c2cccc(C)c2)c1. The molecule has 0 spiro atoms. The van der Waals surface area contributed by atoms with E-state index in [0.29, 0.717) is 11.1 Å². The molecular weight excluding hydrogens is 536 g/mol. The lowest BCUT2D eigenvalue weighted by atomic mass is 10.0. The molecule has 0 amide bonds. The van der Waals surface area contributed by atoms with Crippen LogP contribution in [0.4, 0.5) is 34.1 Å². The fourth-order valence-electron chi connectivity index (χ4n) is 5.65. The van der Waals surface area contributed by atoms with Gasteiger partial charge in [0, 0.05) is 45.3 Å². The summed E-state index contributed by atoms with van der Waals surface area (Å²) >= 11 is 0. The van der Waals surface area contributed by atoms with Crippen LogP contribution in [-0.2, 0) is 0 Å². The minimum Gasteiger partial charge on any atom is -0.310 e. The molecular formula is C41H36N2O. The molecule has 0 fully saturated rings. The van der Waals surface area contributed by atoms with Crippen molar-refractivity contribution in [1.82, 2.24) is 0 Å². The summed E-state index contributed by atoms with van der Waals surface area (Å²) < 4.78 is 0. The van der Waals surface area contributed by atoms with Crippen LogP contribution >= 0.6 is 0 Å². The van der Waals surface area contributed by atoms with Gasteiger partial charge in [0.25, 0.3) is 0 Å². The Morgan fingerprint density at radius 1 is 0.364 bits per heavy atom. The van der Waals surface area contributed by atoms with Crippen LogP contribution in [0.3, 0.4) is 0 Å². The minimum absolute atomic E-state index is 0.00146. The van der Waals surface area contributed by atoms with Crippen molar-refractivity contribution in [2.75, 3.05) is 9.80 Å². The van der Waals surface area contributed by atoms with Crippen LogP contribution in [0.2, 0.25) is 0 Å². The molecule has 0 radical (unpaired) electrons. The lowest BCUT2D eigenvalue weighted by Crippen LogP contribution is -2.11. The van der Waals surface area contributed by atoms with Crippen molar-refractivity contribution in [3.05, 3.63) is 179 Å². The summed E-state index contributed by atoms with van der Waals surface area (Å²) in [6.45, 7) is 8.41. The molecule has 3 heteroatoms. The standard InChI is InChI=1S/C41H36N2O/c1-29-9-5-13-37(25-29)42(38-14-6-10-30(2)26-38)35-21-17-33(18-22-35)41(44)34-19-23-36(24-20-34)43(39-15-7-11-31(3)27-39)40-16-8-12-32(4)28-40/h5-28H,1-4H3. The first-order chi connectivity index (χ1) is 21.4. The number of carbonyl (C=O) groups excluding carboxylic acids is 1. The Labute approximate surface area is 260 Å². The number of carbonyl (C=O) groups is 1. The van der Waals surface area contributed by atoms with Crippen LogP contribution in [0.1, 0.15) is 38.2 Å². The van der Waals surface area contributed by atoms with Crippen LogP contribution in [-0.4, -0.2) is 5.78 Å². The van der Waals surface area contributed by atoms with Crippen molar-refractivity contribution in [3.8, 4) is 0 Å². The summed E-state index contributed by atoms with van der Waals surface area (Å²) in [6, 6.07) is 49.7. The fraction of sp³-hybridized carbons (Fsp3) is 0.0976. The summed E-state index contributed by atoms with van der Waals surface area (Å²) in [6.07, 6.45) is 0. The van der Waals surface area contributed by atoms with Crippen molar-refractivity contribution in [2.24, 2.45) is 0 Å². The van der Waals surface area contributed by atoms with Gasteiger partial charge in [-0.05, 0) is 147 Å². The summed E-state index contributed by atoms with van der Waals surface area (Å²) in [5.74, 6) is -0.00146. The predicted molar refractivity (Wildman–Crippen MR) is 185 cm³/mol. The Hall–Kier alpha value is -5.41. The molecule has 0 aliphatic rings. The van der Waals surface area contributed by atoms with Crippen LogP contribution in [0.5, 0.6) is 0 Å². The van der Waals surface area contributed by atoms with E-state index in [9.17, 15) is 4.79 Å². The molecule has 0 aromatic heterocycles. The average molecular weight is 573 g/mol. The number of anilines is 6. The highest BCUT2D eigenvalue weighted by molar-refractivity contribution is 6.09. The zero-order chi connectivity index (χ0) is 30.6. The monoisotopic (exact) mass is 572 g/mol. The number of hydrogen-bond acceptors (Lipinski definition) is 3. The molecule has 0 saturated heterocycles. The second-order valence-corrected chi connectivity index (χ2v) is 11.4. The van der Waals surface area contributed by atoms with Gasteiger partial charge in [-0.15, -0.1) is 0 Å². The van der Waals surface area contributed by atoms with Gasteiger partial charge < -0.3 is 9.80 Å². The van der Waals surface area contributed by atoms with E-state index in [1.54, 1.807) is 0 Å². The molecule has 0 saturated carbocycles. The molecule has 44 heavy (non-hydrogen) atoms. The molecule has 6 aromatic rings. The number of aryl methyl sites for hydroxylation is 4. The third kappa shape index (κ3) is 6.18. The van der Waals surface area contributed by atoms with E-state index in [-0.39, 0.29) is 5.78 Å². The Bertz CT molecular complexity index is 1690. The highest BCUT2D eigenvalue weighted by Gasteiger charge is 2.17. The summed E-state index contributed by atoms with van der Waals surface area (Å²) in [5, 5.41) is 0. The van der Waals surface area contributed by atoms with E-state index >= 15 is 0 Å². The highest BCUT2D eigenvalue weighted by Crippen LogP contribution is 2.37. The largest absolute Gasteiger partial charge is 0.310 e. The molecule has 0 heterocycles. The normalized spacial score (nSPS) is 10.8. The number of ketones is 1. The van der Waals surface area contributed by atoms with Gasteiger partial charge in [-0.2, -0.15) is 0 Å². The molecule has 6 rings (SSSR count). The smallest absolute Gasteiger partial charge is 0.193 e. The van der Waals surface area contributed by atoms with Gasteiger partial charge >= 0.3 is 0 Å². The number of rotatable bonds is 8. The van der Waals surface area contributed by atoms with Crippen molar-refractivity contribution in [1.29, 1.82) is 0 Å². The molecule has 0 aliphatic carbocycles. The van der Waals surface area contributed by atoms with E-state index < -0.39 is 0 Å². The maximum atomic E-state index is 13.6. The molecule has 6 aromatic carbocycles. The predicted octanol–water partition coefficient (Wildman–Crippen LogP) is 11.1. The zero-order valence-corrected chi connectivity index (χ0v) is 25.7. The minimum atomic E-state index is -0.00146. The first-order valence-corrected chi connectivity index (χ1v) is 15.0. The maximum Gasteiger partial charge on any atom is 0.193 e. The fourth-order valence-corrected chi connectivity index (χ4v) is 5.65. The third-order valence-electron chi connectivity index (χ3n) is 7.81. The van der Waals surface area contributed by atoms with Gasteiger partial charge in [0.15, 0.2) is 5.78 Å². The highest BCUT2D eigenvalue weighted by atomic mass is 16.1. The Morgan fingerprint density at radius 2 is 0.636 bits per heavy atom. The van der Waals surface area contributed by atoms with Gasteiger partial charge in [0.05, 0.1) is 0 Å². The second-order valence-electron chi connectivity index (χ2n) is 11.4. The van der Waals surface area contributed by atoms with E-state index in [1.165, 1.54) is 22.3 Å². The first-order valence-electron chi connectivity index (χ1n) is 15.0. The van der Waals surface area contributed by atoms with Gasteiger partial charge in [-0.1, -0.05) is 48.5 Å². The van der Waals surface area contributed by atoms with Crippen LogP contribution in [0, 0.1) is 27.7 Å². The third-order valence-corrected chi connectivity index (χ3v) is 7.81. The summed E-state index contributed by atoms with van der Waals surface area (Å²) in [4.78, 5) is 18.1.